The maximum atomic E-state index is 2.54. The van der Waals surface area contributed by atoms with Crippen LogP contribution in [0.2, 0.25) is 0 Å². The second kappa shape index (κ2) is 65.1. The maximum absolute atomic E-state index is 2.54. The van der Waals surface area contributed by atoms with Gasteiger partial charge in [-0.1, -0.05) is 439 Å². The van der Waals surface area contributed by atoms with E-state index in [1.54, 1.807) is 0 Å². The van der Waals surface area contributed by atoms with E-state index in [9.17, 15) is 0 Å². The lowest BCUT2D eigenvalue weighted by molar-refractivity contribution is 0.365. The van der Waals surface area contributed by atoms with Gasteiger partial charge in [0.1, 0.15) is 0 Å². The van der Waals surface area contributed by atoms with Gasteiger partial charge >= 0.3 is 0 Å². The molecule has 70 heavy (non-hydrogen) atoms. The molecule has 0 saturated heterocycles. The summed E-state index contributed by atoms with van der Waals surface area (Å²) >= 11 is 0. The van der Waals surface area contributed by atoms with Crippen LogP contribution in [0.3, 0.4) is 0 Å². The van der Waals surface area contributed by atoms with Crippen LogP contribution in [0.15, 0.2) is 0 Å². The quantitative estimate of drug-likeness (QED) is 0.0533. The third kappa shape index (κ3) is 62.3. The van der Waals surface area contributed by atoms with Crippen molar-refractivity contribution in [2.24, 2.45) is 11.8 Å². The average molecular weight is 984 g/mol. The fourth-order valence-corrected chi connectivity index (χ4v) is 12.1. The third-order valence-electron chi connectivity index (χ3n) is 17.3. The second-order valence-corrected chi connectivity index (χ2v) is 24.7. The normalized spacial score (nSPS) is 12.7. The SMILES string of the molecule is CCCCCCCCCCCCCCCCCCCCCCCC(CCCCCCCCCCCCCCCCC)CCCCCCCCCCCCC(C)CCCCCCCCCCCCCCC. The fourth-order valence-electron chi connectivity index (χ4n) is 12.1. The highest BCUT2D eigenvalue weighted by molar-refractivity contribution is 4.63. The van der Waals surface area contributed by atoms with E-state index in [1.807, 2.05) is 0 Å². The summed E-state index contributed by atoms with van der Waals surface area (Å²) in [4.78, 5) is 0. The minimum absolute atomic E-state index is 0.958. The molecule has 0 radical (unpaired) electrons. The molecule has 0 aliphatic carbocycles. The van der Waals surface area contributed by atoms with E-state index >= 15 is 0 Å². The van der Waals surface area contributed by atoms with Crippen LogP contribution in [-0.4, -0.2) is 0 Å². The van der Waals surface area contributed by atoms with Crippen LogP contribution in [0.4, 0.5) is 0 Å². The van der Waals surface area contributed by atoms with Gasteiger partial charge in [0, 0.05) is 0 Å². The average Bonchev–Trinajstić information content (AvgIpc) is 3.37. The van der Waals surface area contributed by atoms with E-state index < -0.39 is 0 Å². The van der Waals surface area contributed by atoms with Crippen LogP contribution in [0.25, 0.3) is 0 Å². The Morgan fingerprint density at radius 3 is 0.400 bits per heavy atom. The number of rotatable bonds is 65. The van der Waals surface area contributed by atoms with Gasteiger partial charge in [-0.25, -0.2) is 0 Å². The van der Waals surface area contributed by atoms with Crippen molar-refractivity contribution in [2.75, 3.05) is 0 Å². The first-order valence-electron chi connectivity index (χ1n) is 34.7. The molecule has 0 aromatic rings. The summed E-state index contributed by atoms with van der Waals surface area (Å²) < 4.78 is 0. The Kier molecular flexibility index (Phi) is 65.1. The zero-order valence-corrected chi connectivity index (χ0v) is 50.4. The van der Waals surface area contributed by atoms with E-state index in [4.69, 9.17) is 0 Å². The van der Waals surface area contributed by atoms with E-state index in [0.717, 1.165) is 11.8 Å². The monoisotopic (exact) mass is 983 g/mol. The van der Waals surface area contributed by atoms with Gasteiger partial charge in [-0.3, -0.25) is 0 Å². The van der Waals surface area contributed by atoms with Crippen LogP contribution in [0.5, 0.6) is 0 Å². The molecule has 2 atom stereocenters. The van der Waals surface area contributed by atoms with Gasteiger partial charge < -0.3 is 0 Å². The first kappa shape index (κ1) is 70.0. The number of unbranched alkanes of at least 4 members (excludes halogenated alkanes) is 55. The van der Waals surface area contributed by atoms with Crippen LogP contribution in [0, 0.1) is 11.8 Å². The van der Waals surface area contributed by atoms with Crippen molar-refractivity contribution in [2.45, 2.75) is 439 Å². The smallest absolute Gasteiger partial charge is 0.0414 e. The minimum Gasteiger partial charge on any atom is -0.0654 e. The van der Waals surface area contributed by atoms with Crippen molar-refractivity contribution in [3.63, 3.8) is 0 Å². The zero-order valence-electron chi connectivity index (χ0n) is 50.4. The Hall–Kier alpha value is 0. The van der Waals surface area contributed by atoms with Crippen LogP contribution in [-0.2, 0) is 0 Å². The molecule has 0 spiro atoms. The molecule has 0 rings (SSSR count). The summed E-state index contributed by atoms with van der Waals surface area (Å²) in [5.74, 6) is 1.99. The summed E-state index contributed by atoms with van der Waals surface area (Å²) in [5.41, 5.74) is 0. The molecule has 0 aromatic carbocycles. The van der Waals surface area contributed by atoms with Crippen molar-refractivity contribution in [3.8, 4) is 0 Å². The molecule has 422 valence electrons. The molecule has 0 aliphatic rings. The standard InChI is InChI=1S/C70H142/c1-5-8-11-14-17-20-23-26-28-29-30-31-32-33-35-38-41-47-52-57-62-67-70(66-61-56-51-46-40-37-34-27-24-21-18-15-12-9-6-2)68-63-58-53-48-43-42-45-50-55-60-65-69(4)64-59-54-49-44-39-36-25-22-19-16-13-10-7-3/h69-70H,5-68H2,1-4H3. The van der Waals surface area contributed by atoms with Gasteiger partial charge in [0.2, 0.25) is 0 Å². The topological polar surface area (TPSA) is 0 Å². The molecule has 0 aliphatic heterocycles. The molecule has 0 heterocycles. The zero-order chi connectivity index (χ0) is 50.4. The Morgan fingerprint density at radius 1 is 0.143 bits per heavy atom. The molecule has 0 heteroatoms. The summed E-state index contributed by atoms with van der Waals surface area (Å²) in [6.07, 6.45) is 95.2. The van der Waals surface area contributed by atoms with Gasteiger partial charge in [0.25, 0.3) is 0 Å². The fraction of sp³-hybridized carbons (Fsp3) is 1.00. The van der Waals surface area contributed by atoms with Crippen LogP contribution < -0.4 is 0 Å². The second-order valence-electron chi connectivity index (χ2n) is 24.7. The Labute approximate surface area is 448 Å². The highest BCUT2D eigenvalue weighted by Crippen LogP contribution is 2.26. The first-order chi connectivity index (χ1) is 34.7. The van der Waals surface area contributed by atoms with Gasteiger partial charge in [-0.15, -0.1) is 0 Å². The Bertz CT molecular complexity index is 858. The molecule has 0 saturated carbocycles. The van der Waals surface area contributed by atoms with E-state index in [2.05, 4.69) is 27.7 Å². The maximum Gasteiger partial charge on any atom is -0.0414 e. The lowest BCUT2D eigenvalue weighted by Gasteiger charge is -2.17. The molecule has 2 unspecified atom stereocenters. The Balaban J connectivity index is 3.96. The van der Waals surface area contributed by atoms with Crippen molar-refractivity contribution < 1.29 is 0 Å². The summed E-state index contributed by atoms with van der Waals surface area (Å²) in [6.45, 7) is 9.50. The van der Waals surface area contributed by atoms with Crippen molar-refractivity contribution in [3.05, 3.63) is 0 Å². The lowest BCUT2D eigenvalue weighted by Crippen LogP contribution is -2.01. The predicted molar refractivity (Wildman–Crippen MR) is 325 cm³/mol. The van der Waals surface area contributed by atoms with Crippen molar-refractivity contribution in [1.82, 2.24) is 0 Å². The summed E-state index contributed by atoms with van der Waals surface area (Å²) in [6, 6.07) is 0. The molecular weight excluding hydrogens is 841 g/mol. The van der Waals surface area contributed by atoms with Crippen molar-refractivity contribution >= 4 is 0 Å². The largest absolute Gasteiger partial charge is 0.0654 e. The molecule has 0 N–H and O–H groups in total. The van der Waals surface area contributed by atoms with Crippen LogP contribution in [0.1, 0.15) is 439 Å². The molecule has 0 bridgehead atoms. The molecule has 0 amide bonds. The van der Waals surface area contributed by atoms with Crippen molar-refractivity contribution in [1.29, 1.82) is 0 Å². The lowest BCUT2D eigenvalue weighted by atomic mass is 9.89. The number of hydrogen-bond donors (Lipinski definition) is 0. The minimum atomic E-state index is 0.958. The first-order valence-corrected chi connectivity index (χ1v) is 34.7. The van der Waals surface area contributed by atoms with Gasteiger partial charge in [0.15, 0.2) is 0 Å². The highest BCUT2D eigenvalue weighted by Gasteiger charge is 2.09. The molecule has 0 nitrogen and oxygen atoms in total. The molecule has 0 fully saturated rings. The predicted octanol–water partition coefficient (Wildman–Crippen LogP) is 27.3. The summed E-state index contributed by atoms with van der Waals surface area (Å²) in [7, 11) is 0. The highest BCUT2D eigenvalue weighted by atomic mass is 14.2. The number of hydrogen-bond acceptors (Lipinski definition) is 0. The van der Waals surface area contributed by atoms with E-state index in [-0.39, 0.29) is 0 Å². The Morgan fingerprint density at radius 2 is 0.257 bits per heavy atom. The molecule has 0 aromatic heterocycles. The van der Waals surface area contributed by atoms with E-state index in [1.165, 1.54) is 411 Å². The summed E-state index contributed by atoms with van der Waals surface area (Å²) in [5, 5.41) is 0. The van der Waals surface area contributed by atoms with Gasteiger partial charge in [-0.05, 0) is 11.8 Å². The van der Waals surface area contributed by atoms with Crippen LogP contribution >= 0.6 is 0 Å². The van der Waals surface area contributed by atoms with Gasteiger partial charge in [0.05, 0.1) is 0 Å². The van der Waals surface area contributed by atoms with Gasteiger partial charge in [-0.2, -0.15) is 0 Å². The molecular formula is C70H142. The third-order valence-corrected chi connectivity index (χ3v) is 17.3. The van der Waals surface area contributed by atoms with E-state index in [0.29, 0.717) is 0 Å².